The minimum absolute atomic E-state index is 0.0725. The van der Waals surface area contributed by atoms with E-state index in [0.717, 1.165) is 5.56 Å². The van der Waals surface area contributed by atoms with E-state index in [-0.39, 0.29) is 31.9 Å². The van der Waals surface area contributed by atoms with Crippen molar-refractivity contribution in [1.82, 2.24) is 0 Å². The quantitative estimate of drug-likeness (QED) is 0.727. The van der Waals surface area contributed by atoms with Crippen LogP contribution < -0.4 is 4.90 Å². The van der Waals surface area contributed by atoms with Crippen LogP contribution in [0.4, 0.5) is 5.69 Å². The zero-order valence-electron chi connectivity index (χ0n) is 13.5. The molecule has 7 heteroatoms. The van der Waals surface area contributed by atoms with E-state index in [2.05, 4.69) is 0 Å². The molecule has 0 atom stereocenters. The maximum absolute atomic E-state index is 11.8. The number of carbonyl (C=O) groups is 3. The van der Waals surface area contributed by atoms with Gasteiger partial charge in [0.25, 0.3) is 0 Å². The summed E-state index contributed by atoms with van der Waals surface area (Å²) >= 11 is 0. The Morgan fingerprint density at radius 3 is 2.00 bits per heavy atom. The fraction of sp³-hybridized carbons (Fsp3) is 0.438. The molecule has 0 aliphatic heterocycles. The fourth-order valence-electron chi connectivity index (χ4n) is 2.03. The van der Waals surface area contributed by atoms with Gasteiger partial charge < -0.3 is 19.5 Å². The van der Waals surface area contributed by atoms with Gasteiger partial charge in [0, 0.05) is 5.69 Å². The van der Waals surface area contributed by atoms with Crippen LogP contribution in [-0.2, 0) is 19.1 Å². The summed E-state index contributed by atoms with van der Waals surface area (Å²) in [6, 6.07) is 4.52. The summed E-state index contributed by atoms with van der Waals surface area (Å²) in [7, 11) is 0. The van der Waals surface area contributed by atoms with E-state index in [4.69, 9.17) is 14.6 Å². The fourth-order valence-corrected chi connectivity index (χ4v) is 2.03. The van der Waals surface area contributed by atoms with Gasteiger partial charge in [-0.15, -0.1) is 0 Å². The van der Waals surface area contributed by atoms with Crippen molar-refractivity contribution >= 4 is 23.6 Å². The lowest BCUT2D eigenvalue weighted by Crippen LogP contribution is -2.36. The Kier molecular flexibility index (Phi) is 7.05. The molecule has 0 fully saturated rings. The van der Waals surface area contributed by atoms with Crippen LogP contribution >= 0.6 is 0 Å². The number of carboxylic acids is 1. The van der Waals surface area contributed by atoms with Gasteiger partial charge in [-0.25, -0.2) is 4.79 Å². The third-order valence-electron chi connectivity index (χ3n) is 3.05. The van der Waals surface area contributed by atoms with Crippen molar-refractivity contribution in [2.45, 2.75) is 20.8 Å². The average Bonchev–Trinajstić information content (AvgIpc) is 2.47. The van der Waals surface area contributed by atoms with Gasteiger partial charge in [0.1, 0.15) is 13.1 Å². The van der Waals surface area contributed by atoms with Crippen molar-refractivity contribution in [3.63, 3.8) is 0 Å². The molecule has 0 aromatic heterocycles. The molecule has 0 aliphatic rings. The van der Waals surface area contributed by atoms with E-state index in [9.17, 15) is 14.4 Å². The van der Waals surface area contributed by atoms with E-state index < -0.39 is 17.9 Å². The van der Waals surface area contributed by atoms with Crippen LogP contribution in [0.3, 0.4) is 0 Å². The zero-order chi connectivity index (χ0) is 17.4. The normalized spacial score (nSPS) is 10.0. The number of ether oxygens (including phenoxy) is 2. The second kappa shape index (κ2) is 8.77. The molecule has 1 rings (SSSR count). The van der Waals surface area contributed by atoms with Gasteiger partial charge in [-0.1, -0.05) is 6.07 Å². The molecule has 1 aromatic carbocycles. The number of carboxylic acid groups (broad SMARTS) is 1. The van der Waals surface area contributed by atoms with Gasteiger partial charge in [-0.3, -0.25) is 9.59 Å². The molecule has 1 aromatic rings. The Labute approximate surface area is 134 Å². The van der Waals surface area contributed by atoms with Crippen molar-refractivity contribution in [3.8, 4) is 0 Å². The Morgan fingerprint density at radius 2 is 1.57 bits per heavy atom. The highest BCUT2D eigenvalue weighted by Crippen LogP contribution is 2.22. The first kappa shape index (κ1) is 18.5. The van der Waals surface area contributed by atoms with Gasteiger partial charge in [-0.2, -0.15) is 0 Å². The number of carbonyl (C=O) groups excluding carboxylic acids is 2. The second-order valence-corrected chi connectivity index (χ2v) is 4.77. The molecule has 0 amide bonds. The monoisotopic (exact) mass is 323 g/mol. The zero-order valence-corrected chi connectivity index (χ0v) is 13.5. The smallest absolute Gasteiger partial charge is 0.335 e. The van der Waals surface area contributed by atoms with E-state index in [1.54, 1.807) is 26.8 Å². The highest BCUT2D eigenvalue weighted by molar-refractivity contribution is 5.90. The number of rotatable bonds is 8. The first-order valence-corrected chi connectivity index (χ1v) is 7.29. The highest BCUT2D eigenvalue weighted by Gasteiger charge is 2.19. The number of aryl methyl sites for hydroxylation is 1. The minimum atomic E-state index is -1.08. The number of benzene rings is 1. The van der Waals surface area contributed by atoms with Gasteiger partial charge in [0.05, 0.1) is 18.8 Å². The molecule has 0 saturated heterocycles. The SMILES string of the molecule is CCOC(=O)CN(CC(=O)OCC)c1cc(C(=O)O)ccc1C. The number of esters is 2. The number of aromatic carboxylic acids is 1. The van der Waals surface area contributed by atoms with E-state index in [1.807, 2.05) is 0 Å². The first-order valence-electron chi connectivity index (χ1n) is 7.29. The van der Waals surface area contributed by atoms with Crippen molar-refractivity contribution in [2.75, 3.05) is 31.2 Å². The van der Waals surface area contributed by atoms with Crippen LogP contribution in [0.1, 0.15) is 29.8 Å². The van der Waals surface area contributed by atoms with Crippen molar-refractivity contribution in [3.05, 3.63) is 29.3 Å². The summed E-state index contributed by atoms with van der Waals surface area (Å²) < 4.78 is 9.81. The van der Waals surface area contributed by atoms with Gasteiger partial charge in [-0.05, 0) is 38.5 Å². The lowest BCUT2D eigenvalue weighted by Gasteiger charge is -2.24. The molecule has 0 spiro atoms. The third-order valence-corrected chi connectivity index (χ3v) is 3.05. The molecule has 126 valence electrons. The molecule has 7 nitrogen and oxygen atoms in total. The molecule has 0 bridgehead atoms. The molecule has 23 heavy (non-hydrogen) atoms. The third kappa shape index (κ3) is 5.61. The molecule has 1 N–H and O–H groups in total. The average molecular weight is 323 g/mol. The Morgan fingerprint density at radius 1 is 1.04 bits per heavy atom. The number of hydrogen-bond acceptors (Lipinski definition) is 6. The summed E-state index contributed by atoms with van der Waals surface area (Å²) in [6.07, 6.45) is 0. The Balaban J connectivity index is 3.11. The molecule has 0 heterocycles. The minimum Gasteiger partial charge on any atom is -0.478 e. The van der Waals surface area contributed by atoms with Gasteiger partial charge >= 0.3 is 17.9 Å². The van der Waals surface area contributed by atoms with Crippen LogP contribution in [0.15, 0.2) is 18.2 Å². The van der Waals surface area contributed by atoms with E-state index in [1.165, 1.54) is 17.0 Å². The summed E-state index contributed by atoms with van der Waals surface area (Å²) in [4.78, 5) is 36.1. The van der Waals surface area contributed by atoms with Crippen LogP contribution in [0, 0.1) is 6.92 Å². The number of anilines is 1. The largest absolute Gasteiger partial charge is 0.478 e. The second-order valence-electron chi connectivity index (χ2n) is 4.77. The Bertz CT molecular complexity index is 564. The van der Waals surface area contributed by atoms with Crippen molar-refractivity contribution in [2.24, 2.45) is 0 Å². The van der Waals surface area contributed by atoms with Gasteiger partial charge in [0.15, 0.2) is 0 Å². The van der Waals surface area contributed by atoms with Crippen LogP contribution in [0.2, 0.25) is 0 Å². The van der Waals surface area contributed by atoms with E-state index in [0.29, 0.717) is 5.69 Å². The molecular weight excluding hydrogens is 302 g/mol. The summed E-state index contributed by atoms with van der Waals surface area (Å²) in [5, 5.41) is 9.11. The predicted octanol–water partition coefficient (Wildman–Crippen LogP) is 1.63. The van der Waals surface area contributed by atoms with Crippen molar-refractivity contribution in [1.29, 1.82) is 0 Å². The molecular formula is C16H21NO6. The standard InChI is InChI=1S/C16H21NO6/c1-4-22-14(18)9-17(10-15(19)23-5-2)13-8-12(16(20)21)7-6-11(13)3/h6-8H,4-5,9-10H2,1-3H3,(H,20,21). The summed E-state index contributed by atoms with van der Waals surface area (Å²) in [5.74, 6) is -2.09. The van der Waals surface area contributed by atoms with Crippen LogP contribution in [0.25, 0.3) is 0 Å². The number of nitrogens with zero attached hydrogens (tertiary/aromatic N) is 1. The summed E-state index contributed by atoms with van der Waals surface area (Å²) in [6.45, 7) is 5.24. The van der Waals surface area contributed by atoms with Crippen LogP contribution in [0.5, 0.6) is 0 Å². The van der Waals surface area contributed by atoms with Crippen LogP contribution in [-0.4, -0.2) is 49.3 Å². The van der Waals surface area contributed by atoms with Crippen molar-refractivity contribution < 1.29 is 29.0 Å². The molecule has 0 saturated carbocycles. The topological polar surface area (TPSA) is 93.1 Å². The lowest BCUT2D eigenvalue weighted by atomic mass is 10.1. The molecule has 0 radical (unpaired) electrons. The van der Waals surface area contributed by atoms with Gasteiger partial charge in [0.2, 0.25) is 0 Å². The molecule has 0 aliphatic carbocycles. The molecule has 0 unspecified atom stereocenters. The summed E-state index contributed by atoms with van der Waals surface area (Å²) in [5.41, 5.74) is 1.29. The van der Waals surface area contributed by atoms with E-state index >= 15 is 0 Å². The Hall–Kier alpha value is -2.57. The first-order chi connectivity index (χ1) is 10.9. The lowest BCUT2D eigenvalue weighted by molar-refractivity contribution is -0.142. The maximum atomic E-state index is 11.8. The number of hydrogen-bond donors (Lipinski definition) is 1. The predicted molar refractivity (Wildman–Crippen MR) is 83.6 cm³/mol. The highest BCUT2D eigenvalue weighted by atomic mass is 16.5. The maximum Gasteiger partial charge on any atom is 0.335 e.